The lowest BCUT2D eigenvalue weighted by Gasteiger charge is -2.19. The zero-order valence-electron chi connectivity index (χ0n) is 25.3. The third-order valence-corrected chi connectivity index (χ3v) is 6.37. The first-order chi connectivity index (χ1) is 19.6. The number of aromatic amines is 1. The largest absolute Gasteiger partial charge is 0.436 e. The van der Waals surface area contributed by atoms with E-state index >= 15 is 0 Å². The molecule has 226 valence electrons. The van der Waals surface area contributed by atoms with Gasteiger partial charge in [0.25, 0.3) is 11.5 Å². The van der Waals surface area contributed by atoms with Crippen LogP contribution in [0, 0.1) is 11.2 Å². The number of carbonyl (C=O) groups is 3. The molecule has 0 saturated carbocycles. The smallest absolute Gasteiger partial charge is 0.410 e. The standard InChI is InChI=1S/C31H40FN5O5/c1-31(2,3)18-21-16-22(32)15-20-17-23(33-27(20)21)19-37-14-10-11-24(29(37)40)34-28(39)25(42-30(41)36(6)7)12-8-9-13-26(38)35(4)5/h9-11,13-17,25,33H,8,12,18-19H2,1-7H3,(H,34,39). The molecule has 3 amide bonds. The summed E-state index contributed by atoms with van der Waals surface area (Å²) in [6.07, 6.45) is 3.72. The molecular formula is C31H40FN5O5. The highest BCUT2D eigenvalue weighted by Crippen LogP contribution is 2.28. The lowest BCUT2D eigenvalue weighted by molar-refractivity contribution is -0.125. The van der Waals surface area contributed by atoms with Crippen molar-refractivity contribution in [3.05, 3.63) is 76.1 Å². The van der Waals surface area contributed by atoms with Crippen LogP contribution in [0.25, 0.3) is 10.9 Å². The third kappa shape index (κ3) is 8.79. The molecule has 0 aliphatic carbocycles. The summed E-state index contributed by atoms with van der Waals surface area (Å²) in [5, 5.41) is 3.31. The average Bonchev–Trinajstić information content (AvgIpc) is 3.29. The summed E-state index contributed by atoms with van der Waals surface area (Å²) in [6.45, 7) is 6.42. The van der Waals surface area contributed by atoms with E-state index in [2.05, 4.69) is 31.1 Å². The van der Waals surface area contributed by atoms with E-state index in [1.807, 2.05) is 6.07 Å². The number of ether oxygens (including phenoxy) is 1. The Hall–Kier alpha value is -4.41. The zero-order valence-corrected chi connectivity index (χ0v) is 25.3. The van der Waals surface area contributed by atoms with E-state index in [4.69, 9.17) is 4.74 Å². The fourth-order valence-electron chi connectivity index (χ4n) is 4.34. The number of nitrogens with zero attached hydrogens (tertiary/aromatic N) is 3. The summed E-state index contributed by atoms with van der Waals surface area (Å²) in [6, 6.07) is 7.90. The monoisotopic (exact) mass is 581 g/mol. The SMILES string of the molecule is CN(C)C(=O)C=CCCC(OC(=O)N(C)C)C(=O)Nc1cccn(Cc2cc3cc(F)cc(CC(C)(C)C)c3[nH]2)c1=O. The quantitative estimate of drug-likeness (QED) is 0.341. The number of fused-ring (bicyclic) bond motifs is 1. The molecule has 0 aliphatic rings. The van der Waals surface area contributed by atoms with Crippen molar-refractivity contribution in [2.24, 2.45) is 5.41 Å². The molecule has 3 aromatic rings. The lowest BCUT2D eigenvalue weighted by atomic mass is 9.87. The van der Waals surface area contributed by atoms with Gasteiger partial charge in [0.05, 0.1) is 6.54 Å². The van der Waals surface area contributed by atoms with Crippen LogP contribution in [0.3, 0.4) is 0 Å². The Kier molecular flexibility index (Phi) is 10.3. The van der Waals surface area contributed by atoms with Crippen LogP contribution in [0.5, 0.6) is 0 Å². The summed E-state index contributed by atoms with van der Waals surface area (Å²) in [5.41, 5.74) is 1.89. The summed E-state index contributed by atoms with van der Waals surface area (Å²) in [7, 11) is 6.23. The zero-order chi connectivity index (χ0) is 31.2. The van der Waals surface area contributed by atoms with Gasteiger partial charge in [-0.1, -0.05) is 26.8 Å². The molecule has 1 unspecified atom stereocenters. The summed E-state index contributed by atoms with van der Waals surface area (Å²) < 4.78 is 21.1. The number of H-pyrrole nitrogens is 1. The first-order valence-corrected chi connectivity index (χ1v) is 13.7. The molecule has 3 rings (SSSR count). The van der Waals surface area contributed by atoms with Gasteiger partial charge >= 0.3 is 6.09 Å². The molecular weight excluding hydrogens is 541 g/mol. The van der Waals surface area contributed by atoms with Crippen molar-refractivity contribution < 1.29 is 23.5 Å². The van der Waals surface area contributed by atoms with E-state index in [0.29, 0.717) is 17.5 Å². The molecule has 0 saturated heterocycles. The first kappa shape index (κ1) is 32.1. The molecule has 1 atom stereocenters. The topological polar surface area (TPSA) is 117 Å². The molecule has 0 aliphatic heterocycles. The second-order valence-electron chi connectivity index (χ2n) is 11.9. The van der Waals surface area contributed by atoms with Crippen molar-refractivity contribution >= 4 is 34.5 Å². The number of halogens is 1. The minimum atomic E-state index is -1.20. The maximum atomic E-state index is 14.3. The molecule has 42 heavy (non-hydrogen) atoms. The molecule has 2 heterocycles. The highest BCUT2D eigenvalue weighted by atomic mass is 19.1. The summed E-state index contributed by atoms with van der Waals surface area (Å²) in [4.78, 5) is 56.4. The fourth-order valence-corrected chi connectivity index (χ4v) is 4.34. The van der Waals surface area contributed by atoms with E-state index in [1.54, 1.807) is 32.4 Å². The maximum absolute atomic E-state index is 14.3. The first-order valence-electron chi connectivity index (χ1n) is 13.7. The minimum absolute atomic E-state index is 0.0160. The van der Waals surface area contributed by atoms with Crippen molar-refractivity contribution in [3.63, 3.8) is 0 Å². The van der Waals surface area contributed by atoms with Gasteiger partial charge in [0.1, 0.15) is 11.5 Å². The van der Waals surface area contributed by atoms with Crippen LogP contribution >= 0.6 is 0 Å². The predicted octanol–water partition coefficient (Wildman–Crippen LogP) is 4.54. The van der Waals surface area contributed by atoms with E-state index in [9.17, 15) is 23.6 Å². The van der Waals surface area contributed by atoms with Crippen molar-refractivity contribution in [1.82, 2.24) is 19.4 Å². The van der Waals surface area contributed by atoms with Gasteiger partial charge in [-0.05, 0) is 66.6 Å². The van der Waals surface area contributed by atoms with E-state index in [-0.39, 0.29) is 42.2 Å². The average molecular weight is 582 g/mol. The minimum Gasteiger partial charge on any atom is -0.436 e. The second-order valence-corrected chi connectivity index (χ2v) is 11.9. The van der Waals surface area contributed by atoms with Crippen LogP contribution < -0.4 is 10.9 Å². The van der Waals surface area contributed by atoms with Crippen molar-refractivity contribution in [2.45, 2.75) is 52.7 Å². The van der Waals surface area contributed by atoms with Gasteiger partial charge in [0.2, 0.25) is 5.91 Å². The van der Waals surface area contributed by atoms with Gasteiger partial charge in [0, 0.05) is 51.0 Å². The Bertz CT molecular complexity index is 1530. The second kappa shape index (κ2) is 13.5. The Labute approximate surface area is 245 Å². The highest BCUT2D eigenvalue weighted by Gasteiger charge is 2.24. The fraction of sp³-hybridized carbons (Fsp3) is 0.419. The number of aromatic nitrogens is 2. The third-order valence-electron chi connectivity index (χ3n) is 6.37. The van der Waals surface area contributed by atoms with E-state index in [1.165, 1.54) is 52.7 Å². The number of carbonyl (C=O) groups excluding carboxylic acids is 3. The molecule has 0 bridgehead atoms. The van der Waals surface area contributed by atoms with Gasteiger partial charge in [-0.25, -0.2) is 9.18 Å². The van der Waals surface area contributed by atoms with Crippen LogP contribution in [-0.2, 0) is 27.3 Å². The van der Waals surface area contributed by atoms with Gasteiger partial charge in [-0.15, -0.1) is 0 Å². The van der Waals surface area contributed by atoms with Crippen LogP contribution in [0.4, 0.5) is 14.9 Å². The van der Waals surface area contributed by atoms with Gasteiger partial charge in [0.15, 0.2) is 6.10 Å². The Morgan fingerprint density at radius 2 is 1.83 bits per heavy atom. The summed E-state index contributed by atoms with van der Waals surface area (Å²) >= 11 is 0. The number of anilines is 1. The number of pyridine rings is 1. The van der Waals surface area contributed by atoms with E-state index in [0.717, 1.165) is 11.1 Å². The molecule has 0 spiro atoms. The van der Waals surface area contributed by atoms with E-state index < -0.39 is 23.7 Å². The molecule has 2 N–H and O–H groups in total. The van der Waals surface area contributed by atoms with Gasteiger partial charge in [-0.3, -0.25) is 14.4 Å². The number of rotatable bonds is 10. The van der Waals surface area contributed by atoms with Crippen molar-refractivity contribution in [2.75, 3.05) is 33.5 Å². The van der Waals surface area contributed by atoms with Crippen LogP contribution in [0.2, 0.25) is 0 Å². The Morgan fingerprint density at radius 1 is 1.12 bits per heavy atom. The molecule has 1 aromatic carbocycles. The molecule has 11 heteroatoms. The van der Waals surface area contributed by atoms with Crippen molar-refractivity contribution in [1.29, 1.82) is 0 Å². The number of amides is 3. The number of hydrogen-bond donors (Lipinski definition) is 2. The van der Waals surface area contributed by atoms with Crippen LogP contribution in [0.1, 0.15) is 44.9 Å². The normalized spacial score (nSPS) is 12.4. The number of allylic oxidation sites excluding steroid dienone is 1. The Balaban J connectivity index is 1.80. The number of benzene rings is 1. The number of likely N-dealkylation sites (N-methyl/N-ethyl adjacent to an activating group) is 1. The molecule has 2 aromatic heterocycles. The Morgan fingerprint density at radius 3 is 2.48 bits per heavy atom. The van der Waals surface area contributed by atoms with Gasteiger partial charge in [-0.2, -0.15) is 0 Å². The maximum Gasteiger partial charge on any atom is 0.410 e. The highest BCUT2D eigenvalue weighted by molar-refractivity contribution is 5.95. The molecule has 0 radical (unpaired) electrons. The van der Waals surface area contributed by atoms with Crippen molar-refractivity contribution in [3.8, 4) is 0 Å². The van der Waals surface area contributed by atoms with Gasteiger partial charge < -0.3 is 29.4 Å². The lowest BCUT2D eigenvalue weighted by Crippen LogP contribution is -2.37. The van der Waals surface area contributed by atoms with Crippen LogP contribution in [0.15, 0.2) is 53.5 Å². The number of hydrogen-bond acceptors (Lipinski definition) is 5. The number of nitrogens with one attached hydrogen (secondary N) is 2. The summed E-state index contributed by atoms with van der Waals surface area (Å²) in [5.74, 6) is -1.20. The molecule has 10 nitrogen and oxygen atoms in total. The predicted molar refractivity (Wildman–Crippen MR) is 161 cm³/mol. The van der Waals surface area contributed by atoms with Crippen LogP contribution in [-0.4, -0.2) is 71.6 Å². The molecule has 0 fully saturated rings.